The molecule has 1 atom stereocenters. The van der Waals surface area contributed by atoms with Crippen LogP contribution in [0.3, 0.4) is 0 Å². The van der Waals surface area contributed by atoms with Crippen LogP contribution in [-0.4, -0.2) is 35.5 Å². The Kier molecular flexibility index (Phi) is 5.83. The molecular weight excluding hydrogens is 300 g/mol. The normalized spacial score (nSPS) is 17.5. The molecule has 0 bridgehead atoms. The first-order valence-electron chi connectivity index (χ1n) is 8.66. The molecule has 4 nitrogen and oxygen atoms in total. The predicted molar refractivity (Wildman–Crippen MR) is 93.8 cm³/mol. The Labute approximate surface area is 143 Å². The summed E-state index contributed by atoms with van der Waals surface area (Å²) in [6.07, 6.45) is 7.42. The molecule has 1 aliphatic heterocycles. The number of amides is 1. The van der Waals surface area contributed by atoms with Gasteiger partial charge in [-0.25, -0.2) is 0 Å². The zero-order chi connectivity index (χ0) is 16.6. The molecule has 1 aromatic heterocycles. The summed E-state index contributed by atoms with van der Waals surface area (Å²) in [6.45, 7) is 2.15. The number of benzene rings is 1. The lowest BCUT2D eigenvalue weighted by molar-refractivity contribution is -0.133. The second-order valence-electron chi connectivity index (χ2n) is 6.32. The van der Waals surface area contributed by atoms with E-state index in [0.717, 1.165) is 31.7 Å². The molecule has 1 amide bonds. The first-order valence-corrected chi connectivity index (χ1v) is 8.66. The monoisotopic (exact) mass is 324 g/mol. The van der Waals surface area contributed by atoms with Gasteiger partial charge in [0.05, 0.1) is 13.0 Å². The minimum Gasteiger partial charge on any atom is -0.493 e. The molecule has 0 saturated carbocycles. The molecule has 126 valence electrons. The number of nitrogens with zero attached hydrogens (tertiary/aromatic N) is 2. The van der Waals surface area contributed by atoms with E-state index in [2.05, 4.69) is 11.1 Å². The third-order valence-corrected chi connectivity index (χ3v) is 4.45. The van der Waals surface area contributed by atoms with Crippen molar-refractivity contribution in [2.45, 2.75) is 25.7 Å². The van der Waals surface area contributed by atoms with Crippen molar-refractivity contribution in [2.24, 2.45) is 5.92 Å². The van der Waals surface area contributed by atoms with Crippen LogP contribution in [0.4, 0.5) is 0 Å². The van der Waals surface area contributed by atoms with Crippen molar-refractivity contribution >= 4 is 5.91 Å². The van der Waals surface area contributed by atoms with Gasteiger partial charge >= 0.3 is 0 Å². The van der Waals surface area contributed by atoms with Crippen LogP contribution in [0.15, 0.2) is 54.9 Å². The van der Waals surface area contributed by atoms with E-state index in [1.807, 2.05) is 47.5 Å². The molecule has 1 unspecified atom stereocenters. The van der Waals surface area contributed by atoms with Crippen LogP contribution >= 0.6 is 0 Å². The highest BCUT2D eigenvalue weighted by molar-refractivity contribution is 5.76. The number of carbonyl (C=O) groups is 1. The molecule has 0 aliphatic carbocycles. The number of aromatic nitrogens is 1. The Morgan fingerprint density at radius 2 is 2.08 bits per heavy atom. The van der Waals surface area contributed by atoms with Crippen molar-refractivity contribution in [3.63, 3.8) is 0 Å². The number of likely N-dealkylation sites (tertiary alicyclic amines) is 1. The number of carbonyl (C=O) groups excluding carboxylic acids is 1. The van der Waals surface area contributed by atoms with Crippen molar-refractivity contribution in [1.29, 1.82) is 0 Å². The minimum atomic E-state index is 0.196. The van der Waals surface area contributed by atoms with Gasteiger partial charge < -0.3 is 9.64 Å². The van der Waals surface area contributed by atoms with Crippen molar-refractivity contribution in [2.75, 3.05) is 19.7 Å². The number of hydrogen-bond acceptors (Lipinski definition) is 3. The lowest BCUT2D eigenvalue weighted by Crippen LogP contribution is -2.41. The highest BCUT2D eigenvalue weighted by Gasteiger charge is 2.23. The van der Waals surface area contributed by atoms with E-state index in [4.69, 9.17) is 4.74 Å². The van der Waals surface area contributed by atoms with Gasteiger partial charge in [0.1, 0.15) is 5.75 Å². The summed E-state index contributed by atoms with van der Waals surface area (Å²) in [5, 5.41) is 0. The SMILES string of the molecule is O=C(CCOc1ccccc1)N1CCCC(Cc2cccnc2)C1. The molecule has 2 heterocycles. The van der Waals surface area contributed by atoms with E-state index in [-0.39, 0.29) is 5.91 Å². The molecule has 3 rings (SSSR count). The average molecular weight is 324 g/mol. The number of hydrogen-bond donors (Lipinski definition) is 0. The average Bonchev–Trinajstić information content (AvgIpc) is 2.64. The van der Waals surface area contributed by atoms with Crippen LogP contribution < -0.4 is 4.74 Å². The Hall–Kier alpha value is -2.36. The third-order valence-electron chi connectivity index (χ3n) is 4.45. The molecule has 0 radical (unpaired) electrons. The number of ether oxygens (including phenoxy) is 1. The van der Waals surface area contributed by atoms with Gasteiger partial charge in [-0.05, 0) is 48.9 Å². The zero-order valence-corrected chi connectivity index (χ0v) is 13.9. The second kappa shape index (κ2) is 8.48. The van der Waals surface area contributed by atoms with Crippen LogP contribution in [0, 0.1) is 5.92 Å². The summed E-state index contributed by atoms with van der Waals surface area (Å²) in [5.41, 5.74) is 1.25. The Bertz CT molecular complexity index is 631. The van der Waals surface area contributed by atoms with Crippen LogP contribution in [-0.2, 0) is 11.2 Å². The molecule has 4 heteroatoms. The van der Waals surface area contributed by atoms with Crippen molar-refractivity contribution in [3.8, 4) is 5.75 Å². The highest BCUT2D eigenvalue weighted by atomic mass is 16.5. The van der Waals surface area contributed by atoms with Gasteiger partial charge in [-0.3, -0.25) is 9.78 Å². The lowest BCUT2D eigenvalue weighted by atomic mass is 9.92. The number of rotatable bonds is 6. The summed E-state index contributed by atoms with van der Waals surface area (Å²) in [5.74, 6) is 1.54. The molecule has 1 aromatic carbocycles. The van der Waals surface area contributed by atoms with Crippen molar-refractivity contribution in [1.82, 2.24) is 9.88 Å². The quantitative estimate of drug-likeness (QED) is 0.818. The van der Waals surface area contributed by atoms with Crippen LogP contribution in [0.25, 0.3) is 0 Å². The molecule has 1 aliphatic rings. The Balaban J connectivity index is 1.44. The van der Waals surface area contributed by atoms with Crippen molar-refractivity contribution < 1.29 is 9.53 Å². The van der Waals surface area contributed by atoms with Gasteiger partial charge in [0.15, 0.2) is 0 Å². The molecular formula is C20H24N2O2. The molecule has 1 fully saturated rings. The fourth-order valence-electron chi connectivity index (χ4n) is 3.24. The maximum atomic E-state index is 12.4. The van der Waals surface area contributed by atoms with Crippen LogP contribution in [0.5, 0.6) is 5.75 Å². The molecule has 2 aromatic rings. The van der Waals surface area contributed by atoms with E-state index in [0.29, 0.717) is 18.9 Å². The summed E-state index contributed by atoms with van der Waals surface area (Å²) in [7, 11) is 0. The maximum absolute atomic E-state index is 12.4. The topological polar surface area (TPSA) is 42.4 Å². The van der Waals surface area contributed by atoms with Gasteiger partial charge in [0.2, 0.25) is 5.91 Å². The van der Waals surface area contributed by atoms with Crippen LogP contribution in [0.1, 0.15) is 24.8 Å². The summed E-state index contributed by atoms with van der Waals surface area (Å²) in [4.78, 5) is 18.6. The molecule has 0 N–H and O–H groups in total. The maximum Gasteiger partial charge on any atom is 0.226 e. The van der Waals surface area contributed by atoms with Gasteiger partial charge in [0, 0.05) is 25.5 Å². The standard InChI is InChI=1S/C20H24N2O2/c23-20(10-13-24-19-8-2-1-3-9-19)22-12-5-7-18(16-22)14-17-6-4-11-21-15-17/h1-4,6,8-9,11,15,18H,5,7,10,12-14,16H2. The minimum absolute atomic E-state index is 0.196. The van der Waals surface area contributed by atoms with E-state index in [1.54, 1.807) is 6.20 Å². The molecule has 0 spiro atoms. The highest BCUT2D eigenvalue weighted by Crippen LogP contribution is 2.21. The summed E-state index contributed by atoms with van der Waals surface area (Å²) in [6, 6.07) is 13.7. The lowest BCUT2D eigenvalue weighted by Gasteiger charge is -2.33. The second-order valence-corrected chi connectivity index (χ2v) is 6.32. The summed E-state index contributed by atoms with van der Waals surface area (Å²) >= 11 is 0. The number of pyridine rings is 1. The predicted octanol–water partition coefficient (Wildman–Crippen LogP) is 3.33. The van der Waals surface area contributed by atoms with Gasteiger partial charge in [-0.15, -0.1) is 0 Å². The molecule has 24 heavy (non-hydrogen) atoms. The summed E-state index contributed by atoms with van der Waals surface area (Å²) < 4.78 is 5.63. The third kappa shape index (κ3) is 4.82. The van der Waals surface area contributed by atoms with E-state index < -0.39 is 0 Å². The first kappa shape index (κ1) is 16.5. The Morgan fingerprint density at radius 3 is 2.88 bits per heavy atom. The zero-order valence-electron chi connectivity index (χ0n) is 13.9. The van der Waals surface area contributed by atoms with Gasteiger partial charge in [-0.2, -0.15) is 0 Å². The van der Waals surface area contributed by atoms with E-state index in [1.165, 1.54) is 12.0 Å². The first-order chi connectivity index (χ1) is 11.8. The van der Waals surface area contributed by atoms with E-state index in [9.17, 15) is 4.79 Å². The Morgan fingerprint density at radius 1 is 1.21 bits per heavy atom. The number of piperidine rings is 1. The largest absolute Gasteiger partial charge is 0.493 e. The number of para-hydroxylation sites is 1. The fourth-order valence-corrected chi connectivity index (χ4v) is 3.24. The van der Waals surface area contributed by atoms with Gasteiger partial charge in [0.25, 0.3) is 0 Å². The van der Waals surface area contributed by atoms with Gasteiger partial charge in [-0.1, -0.05) is 24.3 Å². The van der Waals surface area contributed by atoms with Crippen molar-refractivity contribution in [3.05, 3.63) is 60.4 Å². The fraction of sp³-hybridized carbons (Fsp3) is 0.400. The molecule has 1 saturated heterocycles. The smallest absolute Gasteiger partial charge is 0.226 e. The van der Waals surface area contributed by atoms with Crippen LogP contribution in [0.2, 0.25) is 0 Å². The van der Waals surface area contributed by atoms with E-state index >= 15 is 0 Å².